The fraction of sp³-hybridized carbons (Fsp3) is 0.167. The van der Waals surface area contributed by atoms with Crippen LogP contribution < -0.4 is 0 Å². The van der Waals surface area contributed by atoms with E-state index in [1.165, 1.54) is 16.7 Å². The third-order valence-electron chi connectivity index (χ3n) is 11.8. The quantitative estimate of drug-likeness (QED) is 0.167. The summed E-state index contributed by atoms with van der Waals surface area (Å²) in [7, 11) is 0. The smallest absolute Gasteiger partial charge is 0.137 e. The number of rotatable bonds is 4. The van der Waals surface area contributed by atoms with Crippen molar-refractivity contribution >= 4 is 56.4 Å². The largest absolute Gasteiger partial charge is 0.456 e. The highest BCUT2D eigenvalue weighted by Crippen LogP contribution is 2.38. The first-order valence-corrected chi connectivity index (χ1v) is 20.6. The van der Waals surface area contributed by atoms with Gasteiger partial charge in [0.2, 0.25) is 0 Å². The van der Waals surface area contributed by atoms with Crippen LogP contribution in [-0.4, -0.2) is 19.9 Å². The lowest BCUT2D eigenvalue weighted by atomic mass is 9.86. The van der Waals surface area contributed by atoms with Gasteiger partial charge in [-0.25, -0.2) is 4.98 Å². The zero-order valence-electron chi connectivity index (χ0n) is 34.4. The van der Waals surface area contributed by atoms with Crippen LogP contribution in [0.5, 0.6) is 0 Å². The van der Waals surface area contributed by atoms with Gasteiger partial charge in [-0.1, -0.05) is 139 Å². The van der Waals surface area contributed by atoms with Crippen LogP contribution in [0, 0.1) is 0 Å². The van der Waals surface area contributed by atoms with Gasteiger partial charge in [-0.3, -0.25) is 0 Å². The van der Waals surface area contributed by atoms with E-state index in [4.69, 9.17) is 9.40 Å². The number of allylic oxidation sites excluding steroid dienone is 4. The fourth-order valence-electron chi connectivity index (χ4n) is 8.45. The molecule has 10 bridgehead atoms. The minimum Gasteiger partial charge on any atom is -0.456 e. The highest BCUT2D eigenvalue weighted by Gasteiger charge is 2.19. The molecule has 3 N–H and O–H groups in total. The van der Waals surface area contributed by atoms with Crippen molar-refractivity contribution in [2.24, 2.45) is 0 Å². The van der Waals surface area contributed by atoms with E-state index in [-0.39, 0.29) is 10.8 Å². The topological polar surface area (TPSA) is 73.4 Å². The highest BCUT2D eigenvalue weighted by molar-refractivity contribution is 5.99. The van der Waals surface area contributed by atoms with Crippen molar-refractivity contribution in [2.75, 3.05) is 0 Å². The molecule has 2 aliphatic rings. The summed E-state index contributed by atoms with van der Waals surface area (Å²) >= 11 is 0. The van der Waals surface area contributed by atoms with Crippen LogP contribution in [0.2, 0.25) is 0 Å². The zero-order valence-corrected chi connectivity index (χ0v) is 34.4. The van der Waals surface area contributed by atoms with Gasteiger partial charge in [0.25, 0.3) is 0 Å². The summed E-state index contributed by atoms with van der Waals surface area (Å²) < 4.78 is 7.00. The van der Waals surface area contributed by atoms with Crippen molar-refractivity contribution in [1.82, 2.24) is 19.9 Å². The van der Waals surface area contributed by atoms with Gasteiger partial charge >= 0.3 is 0 Å². The van der Waals surface area contributed by atoms with E-state index in [0.717, 1.165) is 89.0 Å². The molecule has 5 heteroatoms. The molecule has 3 aromatic carbocycles. The summed E-state index contributed by atoms with van der Waals surface area (Å²) in [5.41, 5.74) is 19.3. The summed E-state index contributed by atoms with van der Waals surface area (Å²) in [5, 5.41) is 0. The summed E-state index contributed by atoms with van der Waals surface area (Å²) in [4.78, 5) is 16.6. The molecule has 0 unspecified atom stereocenters. The SMILES string of the molecule is CC(C)(C)c1ccc(-c2c3ccc([nH]3)c3nc(c(-c4ccc(C5C=CC=C5)cc4)c4ccc([nH]4)c4ccc([nH]4)c(-c4ccc(C(C)(C)C)cc4)c4ccc2o4)C=C3)cc1. The molecule has 1 aliphatic carbocycles. The third kappa shape index (κ3) is 6.76. The van der Waals surface area contributed by atoms with Crippen LogP contribution in [0.3, 0.4) is 0 Å². The standard InChI is InChI=1S/C54H48N4O/c1-53(2,3)38-19-15-36(16-20-38)51-46-29-25-42(57-46)40-23-27-44(55-40)50(35-13-11-34(12-14-35)33-9-7-8-10-33)45-28-24-41(56-45)43-26-30-47(58-43)52(49-32-31-48(51)59-49)37-17-21-39(22-18-37)54(4,5)6/h7-33,55,57-58H,1-6H3. The molecular formula is C54H48N4O. The Hall–Kier alpha value is -6.85. The summed E-state index contributed by atoms with van der Waals surface area (Å²) in [6, 6.07) is 43.8. The first-order chi connectivity index (χ1) is 28.5. The Morgan fingerprint density at radius 2 is 0.831 bits per heavy atom. The predicted octanol–water partition coefficient (Wildman–Crippen LogP) is 14.8. The second kappa shape index (κ2) is 13.9. The second-order valence-electron chi connectivity index (χ2n) is 17.9. The van der Waals surface area contributed by atoms with Gasteiger partial charge in [-0.05, 0) is 105 Å². The first-order valence-electron chi connectivity index (χ1n) is 20.6. The molecule has 0 saturated carbocycles. The van der Waals surface area contributed by atoms with Crippen LogP contribution in [0.4, 0.5) is 0 Å². The van der Waals surface area contributed by atoms with Gasteiger partial charge in [0, 0.05) is 28.1 Å². The van der Waals surface area contributed by atoms with Crippen molar-refractivity contribution in [2.45, 2.75) is 58.3 Å². The normalized spacial score (nSPS) is 13.7. The van der Waals surface area contributed by atoms with Gasteiger partial charge in [0.1, 0.15) is 11.2 Å². The number of aromatic nitrogens is 4. The first kappa shape index (κ1) is 36.5. The van der Waals surface area contributed by atoms with E-state index in [9.17, 15) is 0 Å². The van der Waals surface area contributed by atoms with Crippen LogP contribution in [0.25, 0.3) is 89.8 Å². The van der Waals surface area contributed by atoms with Gasteiger partial charge < -0.3 is 19.4 Å². The van der Waals surface area contributed by atoms with Crippen molar-refractivity contribution in [3.63, 3.8) is 0 Å². The lowest BCUT2D eigenvalue weighted by Gasteiger charge is -2.19. The summed E-state index contributed by atoms with van der Waals surface area (Å²) in [5.74, 6) is 0.299. The molecule has 10 rings (SSSR count). The Morgan fingerprint density at radius 3 is 1.34 bits per heavy atom. The maximum absolute atomic E-state index is 7.00. The van der Waals surface area contributed by atoms with Crippen LogP contribution in [0.15, 0.2) is 150 Å². The minimum atomic E-state index is 0.0326. The number of nitrogens with one attached hydrogen (secondary N) is 3. The molecule has 5 nitrogen and oxygen atoms in total. The highest BCUT2D eigenvalue weighted by atomic mass is 16.3. The van der Waals surface area contributed by atoms with Crippen LogP contribution in [0.1, 0.15) is 75.5 Å². The molecule has 290 valence electrons. The molecule has 0 radical (unpaired) electrons. The number of H-pyrrole nitrogens is 3. The van der Waals surface area contributed by atoms with Gasteiger partial charge in [0.15, 0.2) is 0 Å². The van der Waals surface area contributed by atoms with Crippen molar-refractivity contribution < 1.29 is 4.42 Å². The van der Waals surface area contributed by atoms with E-state index in [2.05, 4.69) is 214 Å². The summed E-state index contributed by atoms with van der Waals surface area (Å²) in [6.45, 7) is 13.5. The Labute approximate surface area is 344 Å². The van der Waals surface area contributed by atoms with E-state index in [1.807, 2.05) is 0 Å². The maximum atomic E-state index is 7.00. The number of furan rings is 1. The molecular weight excluding hydrogens is 721 g/mol. The van der Waals surface area contributed by atoms with Crippen molar-refractivity contribution in [3.05, 3.63) is 174 Å². The average Bonchev–Trinajstić information content (AvgIpc) is 4.08. The molecule has 59 heavy (non-hydrogen) atoms. The van der Waals surface area contributed by atoms with E-state index in [0.29, 0.717) is 5.92 Å². The van der Waals surface area contributed by atoms with E-state index >= 15 is 0 Å². The van der Waals surface area contributed by atoms with Gasteiger partial charge in [-0.2, -0.15) is 0 Å². The molecule has 8 aromatic rings. The number of benzene rings is 3. The molecule has 6 heterocycles. The third-order valence-corrected chi connectivity index (χ3v) is 11.8. The predicted molar refractivity (Wildman–Crippen MR) is 248 cm³/mol. The maximum Gasteiger partial charge on any atom is 0.137 e. The van der Waals surface area contributed by atoms with Crippen LogP contribution in [-0.2, 0) is 10.8 Å². The molecule has 0 spiro atoms. The van der Waals surface area contributed by atoms with Gasteiger partial charge in [-0.15, -0.1) is 0 Å². The fourth-order valence-corrected chi connectivity index (χ4v) is 8.45. The van der Waals surface area contributed by atoms with E-state index < -0.39 is 0 Å². The van der Waals surface area contributed by atoms with Crippen LogP contribution >= 0.6 is 0 Å². The molecule has 5 aromatic heterocycles. The second-order valence-corrected chi connectivity index (χ2v) is 17.9. The minimum absolute atomic E-state index is 0.0326. The van der Waals surface area contributed by atoms with E-state index in [1.54, 1.807) is 0 Å². The average molecular weight is 769 g/mol. The number of hydrogen-bond acceptors (Lipinski definition) is 2. The number of fused-ring (bicyclic) bond motifs is 12. The molecule has 0 fully saturated rings. The van der Waals surface area contributed by atoms with Crippen molar-refractivity contribution in [1.29, 1.82) is 0 Å². The Kier molecular flexibility index (Phi) is 8.61. The number of hydrogen-bond donors (Lipinski definition) is 3. The molecule has 0 atom stereocenters. The monoisotopic (exact) mass is 768 g/mol. The molecule has 0 amide bonds. The van der Waals surface area contributed by atoms with Crippen molar-refractivity contribution in [3.8, 4) is 33.4 Å². The lowest BCUT2D eigenvalue weighted by molar-refractivity contribution is 0.590. The van der Waals surface area contributed by atoms with Gasteiger partial charge in [0.05, 0.1) is 39.0 Å². The Balaban J connectivity index is 1.28. The lowest BCUT2D eigenvalue weighted by Crippen LogP contribution is -2.10. The molecule has 1 aliphatic heterocycles. The summed E-state index contributed by atoms with van der Waals surface area (Å²) in [6.07, 6.45) is 12.9. The molecule has 0 saturated heterocycles. The zero-order chi connectivity index (χ0) is 40.5. The Morgan fingerprint density at radius 1 is 0.424 bits per heavy atom. The number of aromatic amines is 3. The Bertz CT molecular complexity index is 3130. The number of nitrogens with zero attached hydrogens (tertiary/aromatic N) is 1.